The Bertz CT molecular complexity index is 1090. The van der Waals surface area contributed by atoms with E-state index in [2.05, 4.69) is 29.0 Å². The van der Waals surface area contributed by atoms with Crippen LogP contribution >= 0.6 is 0 Å². The van der Waals surface area contributed by atoms with Gasteiger partial charge in [0, 0.05) is 42.7 Å². The van der Waals surface area contributed by atoms with Gasteiger partial charge in [0.05, 0.1) is 27.4 Å². The summed E-state index contributed by atoms with van der Waals surface area (Å²) in [5, 5.41) is 0. The lowest BCUT2D eigenvalue weighted by Crippen LogP contribution is -2.41. The zero-order valence-corrected chi connectivity index (χ0v) is 17.9. The first kappa shape index (κ1) is 20.6. The fraction of sp³-hybridized carbons (Fsp3) is 0.240. The number of hydrogen-bond acceptors (Lipinski definition) is 4. The number of aromatic nitrogens is 1. The van der Waals surface area contributed by atoms with Crippen molar-refractivity contribution in [3.05, 3.63) is 83.7 Å². The van der Waals surface area contributed by atoms with Gasteiger partial charge in [-0.2, -0.15) is 0 Å². The monoisotopic (exact) mass is 418 g/mol. The molecule has 6 nitrogen and oxygen atoms in total. The summed E-state index contributed by atoms with van der Waals surface area (Å²) in [7, 11) is 4.74. The molecule has 0 fully saturated rings. The molecule has 1 atom stereocenters. The van der Waals surface area contributed by atoms with Crippen molar-refractivity contribution >= 4 is 12.0 Å². The first-order chi connectivity index (χ1) is 15.2. The molecule has 6 heteroatoms. The van der Waals surface area contributed by atoms with Crippen LogP contribution in [0.15, 0.2) is 66.9 Å². The Labute approximate surface area is 182 Å². The number of benzene rings is 2. The van der Waals surface area contributed by atoms with Crippen LogP contribution in [0, 0.1) is 0 Å². The lowest BCUT2D eigenvalue weighted by molar-refractivity contribution is -0.128. The summed E-state index contributed by atoms with van der Waals surface area (Å²) in [6.07, 6.45) is 5.43. The van der Waals surface area contributed by atoms with E-state index in [-0.39, 0.29) is 11.9 Å². The van der Waals surface area contributed by atoms with Crippen LogP contribution in [0.3, 0.4) is 0 Å². The third-order valence-electron chi connectivity index (χ3n) is 5.58. The van der Waals surface area contributed by atoms with E-state index in [0.717, 1.165) is 23.4 Å². The summed E-state index contributed by atoms with van der Waals surface area (Å²) >= 11 is 0. The van der Waals surface area contributed by atoms with E-state index >= 15 is 0 Å². The number of carbonyl (C=O) groups is 1. The standard InChI is InChI=1S/C25H26N2O4/c1-29-21-17-23(31-3)22(30-2)16-19(21)11-12-24(28)27-15-14-26-13-7-10-20(26)25(27)18-8-5-4-6-9-18/h4-13,16-17,25H,14-15H2,1-3H3. The normalized spacial score (nSPS) is 15.6. The molecule has 0 saturated carbocycles. The lowest BCUT2D eigenvalue weighted by Gasteiger charge is -2.36. The van der Waals surface area contributed by atoms with Crippen LogP contribution in [0.25, 0.3) is 6.08 Å². The van der Waals surface area contributed by atoms with Crippen molar-refractivity contribution in [1.29, 1.82) is 0 Å². The average Bonchev–Trinajstić information content (AvgIpc) is 3.30. The Morgan fingerprint density at radius 2 is 1.61 bits per heavy atom. The third-order valence-corrected chi connectivity index (χ3v) is 5.58. The molecule has 1 aliphatic rings. The molecule has 2 heterocycles. The highest BCUT2D eigenvalue weighted by Gasteiger charge is 2.31. The fourth-order valence-electron chi connectivity index (χ4n) is 4.05. The molecule has 1 unspecified atom stereocenters. The molecule has 0 saturated heterocycles. The smallest absolute Gasteiger partial charge is 0.247 e. The predicted octanol–water partition coefficient (Wildman–Crippen LogP) is 4.16. The molecule has 0 spiro atoms. The second kappa shape index (κ2) is 9.00. The van der Waals surface area contributed by atoms with Gasteiger partial charge in [-0.1, -0.05) is 30.3 Å². The number of amides is 1. The summed E-state index contributed by atoms with van der Waals surface area (Å²) < 4.78 is 18.4. The van der Waals surface area contributed by atoms with Gasteiger partial charge in [0.1, 0.15) is 5.75 Å². The highest BCUT2D eigenvalue weighted by molar-refractivity contribution is 5.93. The number of carbonyl (C=O) groups excluding carboxylic acids is 1. The number of methoxy groups -OCH3 is 3. The Morgan fingerprint density at radius 3 is 2.32 bits per heavy atom. The van der Waals surface area contributed by atoms with Gasteiger partial charge in [0.2, 0.25) is 5.91 Å². The van der Waals surface area contributed by atoms with E-state index in [1.54, 1.807) is 45.6 Å². The topological polar surface area (TPSA) is 52.9 Å². The van der Waals surface area contributed by atoms with E-state index in [0.29, 0.717) is 23.8 Å². The molecule has 160 valence electrons. The molecular weight excluding hydrogens is 392 g/mol. The van der Waals surface area contributed by atoms with Crippen LogP contribution in [0.5, 0.6) is 17.2 Å². The highest BCUT2D eigenvalue weighted by atomic mass is 16.5. The van der Waals surface area contributed by atoms with Gasteiger partial charge in [-0.15, -0.1) is 0 Å². The van der Waals surface area contributed by atoms with Gasteiger partial charge in [0.25, 0.3) is 0 Å². The summed E-state index contributed by atoms with van der Waals surface area (Å²) in [6, 6.07) is 17.7. The van der Waals surface area contributed by atoms with Crippen molar-refractivity contribution in [1.82, 2.24) is 9.47 Å². The van der Waals surface area contributed by atoms with Gasteiger partial charge in [0.15, 0.2) is 11.5 Å². The SMILES string of the molecule is COc1cc(OC)c(OC)cc1C=CC(=O)N1CCn2cccc2C1c1ccccc1. The largest absolute Gasteiger partial charge is 0.496 e. The molecule has 1 aromatic heterocycles. The molecule has 31 heavy (non-hydrogen) atoms. The van der Waals surface area contributed by atoms with E-state index < -0.39 is 0 Å². The molecule has 0 radical (unpaired) electrons. The van der Waals surface area contributed by atoms with Crippen LogP contribution in [0.1, 0.15) is 22.9 Å². The van der Waals surface area contributed by atoms with E-state index in [9.17, 15) is 4.79 Å². The average molecular weight is 418 g/mol. The van der Waals surface area contributed by atoms with Crippen molar-refractivity contribution in [2.24, 2.45) is 0 Å². The summed E-state index contributed by atoms with van der Waals surface area (Å²) in [6.45, 7) is 1.40. The zero-order valence-electron chi connectivity index (χ0n) is 17.9. The highest BCUT2D eigenvalue weighted by Crippen LogP contribution is 2.36. The van der Waals surface area contributed by atoms with Crippen molar-refractivity contribution in [3.8, 4) is 17.2 Å². The molecule has 2 aromatic carbocycles. The van der Waals surface area contributed by atoms with Gasteiger partial charge in [-0.3, -0.25) is 4.79 Å². The van der Waals surface area contributed by atoms with E-state index in [4.69, 9.17) is 14.2 Å². The third kappa shape index (κ3) is 4.01. The number of hydrogen-bond donors (Lipinski definition) is 0. The second-order valence-corrected chi connectivity index (χ2v) is 7.25. The van der Waals surface area contributed by atoms with E-state index in [1.807, 2.05) is 29.2 Å². The number of ether oxygens (including phenoxy) is 3. The minimum Gasteiger partial charge on any atom is -0.496 e. The molecule has 1 aliphatic heterocycles. The van der Waals surface area contributed by atoms with Crippen LogP contribution in [-0.4, -0.2) is 43.2 Å². The molecule has 0 bridgehead atoms. The van der Waals surface area contributed by atoms with Crippen molar-refractivity contribution in [3.63, 3.8) is 0 Å². The van der Waals surface area contributed by atoms with Crippen LogP contribution in [0.4, 0.5) is 0 Å². The van der Waals surface area contributed by atoms with Crippen LogP contribution in [0.2, 0.25) is 0 Å². The number of rotatable bonds is 6. The Hall–Kier alpha value is -3.67. The lowest BCUT2D eigenvalue weighted by atomic mass is 9.99. The predicted molar refractivity (Wildman–Crippen MR) is 120 cm³/mol. The van der Waals surface area contributed by atoms with Crippen LogP contribution in [-0.2, 0) is 11.3 Å². The van der Waals surface area contributed by atoms with Gasteiger partial charge in [-0.05, 0) is 29.8 Å². The summed E-state index contributed by atoms with van der Waals surface area (Å²) in [5.74, 6) is 1.70. The maximum atomic E-state index is 13.3. The number of fused-ring (bicyclic) bond motifs is 1. The Balaban J connectivity index is 1.66. The molecular formula is C25H26N2O4. The molecule has 4 rings (SSSR count). The van der Waals surface area contributed by atoms with Gasteiger partial charge in [-0.25, -0.2) is 0 Å². The molecule has 3 aromatic rings. The van der Waals surface area contributed by atoms with Crippen LogP contribution < -0.4 is 14.2 Å². The minimum atomic E-state index is -0.130. The van der Waals surface area contributed by atoms with Crippen molar-refractivity contribution < 1.29 is 19.0 Å². The molecule has 0 N–H and O–H groups in total. The zero-order chi connectivity index (χ0) is 21.8. The molecule has 1 amide bonds. The van der Waals surface area contributed by atoms with Gasteiger partial charge >= 0.3 is 0 Å². The van der Waals surface area contributed by atoms with Crippen molar-refractivity contribution in [2.75, 3.05) is 27.9 Å². The first-order valence-electron chi connectivity index (χ1n) is 10.1. The summed E-state index contributed by atoms with van der Waals surface area (Å²) in [5.41, 5.74) is 2.95. The maximum absolute atomic E-state index is 13.3. The fourth-order valence-corrected chi connectivity index (χ4v) is 4.05. The molecule has 0 aliphatic carbocycles. The Morgan fingerprint density at radius 1 is 0.903 bits per heavy atom. The quantitative estimate of drug-likeness (QED) is 0.564. The van der Waals surface area contributed by atoms with Gasteiger partial charge < -0.3 is 23.7 Å². The van der Waals surface area contributed by atoms with E-state index in [1.165, 1.54) is 0 Å². The minimum absolute atomic E-state index is 0.0573. The number of nitrogens with zero attached hydrogens (tertiary/aromatic N) is 2. The maximum Gasteiger partial charge on any atom is 0.247 e. The Kier molecular flexibility index (Phi) is 5.98. The second-order valence-electron chi connectivity index (χ2n) is 7.25. The van der Waals surface area contributed by atoms with Crippen molar-refractivity contribution in [2.45, 2.75) is 12.6 Å². The summed E-state index contributed by atoms with van der Waals surface area (Å²) in [4.78, 5) is 15.2. The first-order valence-corrected chi connectivity index (χ1v) is 10.1.